The molecular formula is C28H30N4. The van der Waals surface area contributed by atoms with Crippen LogP contribution in [0.4, 0.5) is 39.8 Å². The van der Waals surface area contributed by atoms with E-state index >= 15 is 0 Å². The molecule has 0 bridgehead atoms. The Morgan fingerprint density at radius 2 is 0.781 bits per heavy atom. The molecular weight excluding hydrogens is 392 g/mol. The van der Waals surface area contributed by atoms with Crippen molar-refractivity contribution in [2.24, 2.45) is 0 Å². The molecule has 4 aromatic rings. The molecule has 2 N–H and O–H groups in total. The summed E-state index contributed by atoms with van der Waals surface area (Å²) in [6, 6.07) is 34.0. The number of nitrogens with zero attached hydrogens (tertiary/aromatic N) is 2. The quantitative estimate of drug-likeness (QED) is 0.327. The van der Waals surface area contributed by atoms with E-state index in [0.717, 1.165) is 34.1 Å². The van der Waals surface area contributed by atoms with E-state index < -0.39 is 0 Å². The molecule has 0 unspecified atom stereocenters. The van der Waals surface area contributed by atoms with Crippen LogP contribution in [-0.2, 0) is 0 Å². The molecule has 0 saturated carbocycles. The fourth-order valence-electron chi connectivity index (χ4n) is 3.62. The lowest BCUT2D eigenvalue weighted by Crippen LogP contribution is -2.09. The Morgan fingerprint density at radius 1 is 0.469 bits per heavy atom. The molecule has 0 atom stereocenters. The van der Waals surface area contributed by atoms with Gasteiger partial charge in [0.25, 0.3) is 0 Å². The van der Waals surface area contributed by atoms with Gasteiger partial charge in [-0.15, -0.1) is 0 Å². The fourth-order valence-corrected chi connectivity index (χ4v) is 3.62. The molecule has 0 radical (unpaired) electrons. The third-order valence-corrected chi connectivity index (χ3v) is 5.76. The molecule has 0 fully saturated rings. The number of aryl methyl sites for hydroxylation is 1. The SMILES string of the molecule is CNc1ccc(N(C)c2ccc(Nc3ccc(N(C)c4ccc(C)cc4)cc3)cc2)cc1. The summed E-state index contributed by atoms with van der Waals surface area (Å²) >= 11 is 0. The van der Waals surface area contributed by atoms with Crippen molar-refractivity contribution in [1.29, 1.82) is 0 Å². The van der Waals surface area contributed by atoms with Crippen molar-refractivity contribution in [2.75, 3.05) is 41.6 Å². The second-order valence-electron chi connectivity index (χ2n) is 7.97. The van der Waals surface area contributed by atoms with E-state index in [9.17, 15) is 0 Å². The summed E-state index contributed by atoms with van der Waals surface area (Å²) in [6.45, 7) is 2.11. The maximum absolute atomic E-state index is 3.49. The van der Waals surface area contributed by atoms with E-state index in [2.05, 4.69) is 139 Å². The predicted molar refractivity (Wildman–Crippen MR) is 139 cm³/mol. The minimum absolute atomic E-state index is 1.06. The highest BCUT2D eigenvalue weighted by molar-refractivity contribution is 5.70. The summed E-state index contributed by atoms with van der Waals surface area (Å²) in [5.41, 5.74) is 9.13. The van der Waals surface area contributed by atoms with Crippen LogP contribution in [0, 0.1) is 6.92 Å². The number of benzene rings is 4. The van der Waals surface area contributed by atoms with Crippen LogP contribution in [0.3, 0.4) is 0 Å². The molecule has 0 amide bonds. The van der Waals surface area contributed by atoms with Crippen molar-refractivity contribution in [1.82, 2.24) is 0 Å². The highest BCUT2D eigenvalue weighted by Gasteiger charge is 2.06. The van der Waals surface area contributed by atoms with Crippen molar-refractivity contribution in [2.45, 2.75) is 6.92 Å². The van der Waals surface area contributed by atoms with Crippen LogP contribution in [0.5, 0.6) is 0 Å². The summed E-state index contributed by atoms with van der Waals surface area (Å²) in [6.07, 6.45) is 0. The normalized spacial score (nSPS) is 10.5. The number of hydrogen-bond donors (Lipinski definition) is 2. The van der Waals surface area contributed by atoms with E-state index in [-0.39, 0.29) is 0 Å². The third kappa shape index (κ3) is 4.86. The standard InChI is InChI=1S/C28H30N4/c1-21-5-13-25(14-6-21)31(3)27-17-9-23(10-18-27)30-24-11-19-28(20-12-24)32(4)26-15-7-22(29-2)8-16-26/h5-20,29-30H,1-4H3. The second kappa shape index (κ2) is 9.48. The topological polar surface area (TPSA) is 30.5 Å². The molecule has 0 aromatic heterocycles. The zero-order chi connectivity index (χ0) is 22.5. The average Bonchev–Trinajstić information content (AvgIpc) is 2.85. The maximum Gasteiger partial charge on any atom is 0.0409 e. The zero-order valence-corrected chi connectivity index (χ0v) is 19.1. The van der Waals surface area contributed by atoms with Gasteiger partial charge in [-0.05, 0) is 91.9 Å². The molecule has 0 aliphatic carbocycles. The lowest BCUT2D eigenvalue weighted by molar-refractivity contribution is 1.20. The van der Waals surface area contributed by atoms with Crippen molar-refractivity contribution < 1.29 is 0 Å². The average molecular weight is 423 g/mol. The highest BCUT2D eigenvalue weighted by Crippen LogP contribution is 2.29. The van der Waals surface area contributed by atoms with E-state index in [1.165, 1.54) is 11.3 Å². The Kier molecular flexibility index (Phi) is 6.31. The van der Waals surface area contributed by atoms with Crippen LogP contribution < -0.4 is 20.4 Å². The van der Waals surface area contributed by atoms with Crippen molar-refractivity contribution in [3.8, 4) is 0 Å². The Bertz CT molecular complexity index is 1130. The van der Waals surface area contributed by atoms with Crippen LogP contribution in [0.1, 0.15) is 5.56 Å². The highest BCUT2D eigenvalue weighted by atomic mass is 15.1. The van der Waals surface area contributed by atoms with Gasteiger partial charge in [0.05, 0.1) is 0 Å². The van der Waals surface area contributed by atoms with Gasteiger partial charge < -0.3 is 20.4 Å². The lowest BCUT2D eigenvalue weighted by atomic mass is 10.2. The van der Waals surface area contributed by atoms with Crippen molar-refractivity contribution >= 4 is 39.8 Å². The first kappa shape index (κ1) is 21.3. The van der Waals surface area contributed by atoms with Gasteiger partial charge in [0, 0.05) is 61.0 Å². The minimum Gasteiger partial charge on any atom is -0.388 e. The molecule has 0 saturated heterocycles. The van der Waals surface area contributed by atoms with E-state index in [1.54, 1.807) is 0 Å². The van der Waals surface area contributed by atoms with Crippen LogP contribution >= 0.6 is 0 Å². The molecule has 4 rings (SSSR count). The first-order chi connectivity index (χ1) is 15.5. The van der Waals surface area contributed by atoms with Gasteiger partial charge in [-0.3, -0.25) is 0 Å². The van der Waals surface area contributed by atoms with Gasteiger partial charge in [-0.25, -0.2) is 0 Å². The summed E-state index contributed by atoms with van der Waals surface area (Å²) in [4.78, 5) is 4.37. The lowest BCUT2D eigenvalue weighted by Gasteiger charge is -2.21. The van der Waals surface area contributed by atoms with Crippen molar-refractivity contribution in [3.63, 3.8) is 0 Å². The largest absolute Gasteiger partial charge is 0.388 e. The van der Waals surface area contributed by atoms with Gasteiger partial charge in [0.2, 0.25) is 0 Å². The van der Waals surface area contributed by atoms with Crippen LogP contribution in [0.15, 0.2) is 97.1 Å². The summed E-state index contributed by atoms with van der Waals surface area (Å²) in [5, 5.41) is 6.65. The van der Waals surface area contributed by atoms with Crippen molar-refractivity contribution in [3.05, 3.63) is 103 Å². The molecule has 0 aliphatic heterocycles. The second-order valence-corrected chi connectivity index (χ2v) is 7.97. The van der Waals surface area contributed by atoms with Crippen LogP contribution in [-0.4, -0.2) is 21.1 Å². The van der Waals surface area contributed by atoms with Gasteiger partial charge >= 0.3 is 0 Å². The molecule has 0 heterocycles. The number of hydrogen-bond acceptors (Lipinski definition) is 4. The Labute approximate surface area is 191 Å². The molecule has 4 aromatic carbocycles. The molecule has 0 aliphatic rings. The molecule has 32 heavy (non-hydrogen) atoms. The maximum atomic E-state index is 3.49. The predicted octanol–water partition coefficient (Wildman–Crippen LogP) is 7.32. The van der Waals surface area contributed by atoms with Gasteiger partial charge in [-0.2, -0.15) is 0 Å². The number of rotatable bonds is 7. The number of anilines is 7. The first-order valence-corrected chi connectivity index (χ1v) is 10.8. The minimum atomic E-state index is 1.06. The monoisotopic (exact) mass is 422 g/mol. The van der Waals surface area contributed by atoms with E-state index in [0.29, 0.717) is 0 Å². The Morgan fingerprint density at radius 3 is 1.12 bits per heavy atom. The van der Waals surface area contributed by atoms with E-state index in [1.807, 2.05) is 7.05 Å². The Balaban J connectivity index is 1.41. The first-order valence-electron chi connectivity index (χ1n) is 10.8. The molecule has 4 nitrogen and oxygen atoms in total. The van der Waals surface area contributed by atoms with Gasteiger partial charge in [0.15, 0.2) is 0 Å². The van der Waals surface area contributed by atoms with Crippen LogP contribution in [0.25, 0.3) is 0 Å². The zero-order valence-electron chi connectivity index (χ0n) is 19.1. The smallest absolute Gasteiger partial charge is 0.0409 e. The summed E-state index contributed by atoms with van der Waals surface area (Å²) in [5.74, 6) is 0. The fraction of sp³-hybridized carbons (Fsp3) is 0.143. The third-order valence-electron chi connectivity index (χ3n) is 5.76. The molecule has 4 heteroatoms. The molecule has 0 spiro atoms. The number of nitrogens with one attached hydrogen (secondary N) is 2. The summed E-state index contributed by atoms with van der Waals surface area (Å²) < 4.78 is 0. The van der Waals surface area contributed by atoms with Gasteiger partial charge in [-0.1, -0.05) is 17.7 Å². The molecule has 162 valence electrons. The Hall–Kier alpha value is -3.92. The van der Waals surface area contributed by atoms with Crippen LogP contribution in [0.2, 0.25) is 0 Å². The van der Waals surface area contributed by atoms with E-state index in [4.69, 9.17) is 0 Å². The summed E-state index contributed by atoms with van der Waals surface area (Å²) in [7, 11) is 6.11. The van der Waals surface area contributed by atoms with Gasteiger partial charge in [0.1, 0.15) is 0 Å².